The predicted octanol–water partition coefficient (Wildman–Crippen LogP) is 4.49. The molecule has 1 N–H and O–H groups in total. The highest BCUT2D eigenvalue weighted by Crippen LogP contribution is 2.35. The van der Waals surface area contributed by atoms with Gasteiger partial charge in [-0.25, -0.2) is 4.98 Å². The zero-order valence-corrected chi connectivity index (χ0v) is 16.8. The number of nitrogens with zero attached hydrogens (tertiary/aromatic N) is 6. The number of hydrogen-bond acceptors (Lipinski definition) is 5. The molecule has 7 heteroatoms. The van der Waals surface area contributed by atoms with Gasteiger partial charge < -0.3 is 5.32 Å². The fourth-order valence-corrected chi connectivity index (χ4v) is 3.93. The Balaban J connectivity index is 1.83. The molecule has 1 aliphatic carbocycles. The van der Waals surface area contributed by atoms with E-state index in [4.69, 9.17) is 5.10 Å². The Morgan fingerprint density at radius 2 is 2.04 bits per heavy atom. The normalized spacial score (nSPS) is 15.6. The molecule has 0 bridgehead atoms. The Labute approximate surface area is 165 Å². The van der Waals surface area contributed by atoms with Gasteiger partial charge in [0.15, 0.2) is 0 Å². The first-order valence-corrected chi connectivity index (χ1v) is 10.1. The van der Waals surface area contributed by atoms with Crippen LogP contribution < -0.4 is 5.32 Å². The number of aromatic nitrogens is 5. The summed E-state index contributed by atoms with van der Waals surface area (Å²) in [6.07, 6.45) is 11.7. The first-order chi connectivity index (χ1) is 13.5. The van der Waals surface area contributed by atoms with Crippen molar-refractivity contribution in [1.29, 1.82) is 5.26 Å². The van der Waals surface area contributed by atoms with E-state index < -0.39 is 5.54 Å². The van der Waals surface area contributed by atoms with Crippen LogP contribution in [0.4, 0.5) is 5.82 Å². The molecular formula is C21H27N7. The molecule has 3 aromatic heterocycles. The average Bonchev–Trinajstić information content (AvgIpc) is 3.34. The molecule has 1 saturated carbocycles. The summed E-state index contributed by atoms with van der Waals surface area (Å²) in [4.78, 5) is 4.57. The van der Waals surface area contributed by atoms with Crippen molar-refractivity contribution in [3.05, 3.63) is 24.7 Å². The molecule has 0 saturated heterocycles. The molecule has 1 fully saturated rings. The summed E-state index contributed by atoms with van der Waals surface area (Å²) < 4.78 is 3.90. The van der Waals surface area contributed by atoms with E-state index in [1.165, 1.54) is 19.3 Å². The van der Waals surface area contributed by atoms with Crippen LogP contribution in [0.1, 0.15) is 58.9 Å². The van der Waals surface area contributed by atoms with Gasteiger partial charge in [0.05, 0.1) is 23.8 Å². The summed E-state index contributed by atoms with van der Waals surface area (Å²) >= 11 is 0. The SMILES string of the molecule is CCNc1cc2c(cn1)c(-c1cnn(C(C)(C)C#N)c1)nn2C1CCCCC1. The van der Waals surface area contributed by atoms with Crippen molar-refractivity contribution >= 4 is 16.7 Å². The van der Waals surface area contributed by atoms with Crippen molar-refractivity contribution in [1.82, 2.24) is 24.5 Å². The Morgan fingerprint density at radius 1 is 1.25 bits per heavy atom. The first-order valence-electron chi connectivity index (χ1n) is 10.1. The van der Waals surface area contributed by atoms with Gasteiger partial charge in [-0.2, -0.15) is 15.5 Å². The molecule has 1 aliphatic rings. The lowest BCUT2D eigenvalue weighted by Crippen LogP contribution is -2.24. The van der Waals surface area contributed by atoms with E-state index >= 15 is 0 Å². The minimum atomic E-state index is -0.698. The second-order valence-corrected chi connectivity index (χ2v) is 8.05. The van der Waals surface area contributed by atoms with Crippen LogP contribution >= 0.6 is 0 Å². The minimum Gasteiger partial charge on any atom is -0.370 e. The van der Waals surface area contributed by atoms with Gasteiger partial charge in [0, 0.05) is 36.0 Å². The Hall–Kier alpha value is -2.88. The van der Waals surface area contributed by atoms with Crippen LogP contribution in [-0.4, -0.2) is 31.1 Å². The molecule has 0 atom stereocenters. The van der Waals surface area contributed by atoms with E-state index in [0.717, 1.165) is 47.4 Å². The topological polar surface area (TPSA) is 84.3 Å². The van der Waals surface area contributed by atoms with Crippen molar-refractivity contribution < 1.29 is 0 Å². The maximum absolute atomic E-state index is 9.41. The van der Waals surface area contributed by atoms with Gasteiger partial charge >= 0.3 is 0 Å². The standard InChI is InChI=1S/C21H27N7/c1-4-23-19-10-18-17(12-24-19)20(26-28(18)16-8-6-5-7-9-16)15-11-25-27(13-15)21(2,3)14-22/h10-13,16H,4-9H2,1-3H3,(H,23,24). The van der Waals surface area contributed by atoms with Gasteiger partial charge in [-0.05, 0) is 33.6 Å². The van der Waals surface area contributed by atoms with Crippen LogP contribution in [0.15, 0.2) is 24.7 Å². The molecule has 7 nitrogen and oxygen atoms in total. The largest absolute Gasteiger partial charge is 0.370 e. The van der Waals surface area contributed by atoms with E-state index in [1.807, 2.05) is 26.2 Å². The highest BCUT2D eigenvalue weighted by molar-refractivity contribution is 5.93. The van der Waals surface area contributed by atoms with E-state index in [2.05, 4.69) is 39.1 Å². The van der Waals surface area contributed by atoms with Crippen LogP contribution in [0.5, 0.6) is 0 Å². The number of anilines is 1. The van der Waals surface area contributed by atoms with E-state index in [-0.39, 0.29) is 0 Å². The lowest BCUT2D eigenvalue weighted by molar-refractivity contribution is 0.337. The quantitative estimate of drug-likeness (QED) is 0.708. The maximum Gasteiger partial charge on any atom is 0.143 e. The molecule has 0 spiro atoms. The average molecular weight is 377 g/mol. The number of rotatable bonds is 5. The van der Waals surface area contributed by atoms with Crippen LogP contribution in [0.3, 0.4) is 0 Å². The van der Waals surface area contributed by atoms with Gasteiger partial charge in [-0.1, -0.05) is 19.3 Å². The van der Waals surface area contributed by atoms with Gasteiger partial charge in [-0.3, -0.25) is 9.36 Å². The summed E-state index contributed by atoms with van der Waals surface area (Å²) in [6.45, 7) is 6.61. The summed E-state index contributed by atoms with van der Waals surface area (Å²) in [6, 6.07) is 4.82. The molecule has 3 aromatic rings. The second kappa shape index (κ2) is 7.27. The van der Waals surface area contributed by atoms with Crippen LogP contribution in [-0.2, 0) is 5.54 Å². The summed E-state index contributed by atoms with van der Waals surface area (Å²) in [5.41, 5.74) is 2.22. The molecule has 0 amide bonds. The van der Waals surface area contributed by atoms with Gasteiger partial charge in [0.1, 0.15) is 17.1 Å². The van der Waals surface area contributed by atoms with Crippen molar-refractivity contribution in [3.8, 4) is 17.3 Å². The Morgan fingerprint density at radius 3 is 2.75 bits per heavy atom. The third kappa shape index (κ3) is 3.24. The third-order valence-corrected chi connectivity index (χ3v) is 5.57. The van der Waals surface area contributed by atoms with Crippen LogP contribution in [0.25, 0.3) is 22.2 Å². The lowest BCUT2D eigenvalue weighted by Gasteiger charge is -2.22. The number of nitrogens with one attached hydrogen (secondary N) is 1. The van der Waals surface area contributed by atoms with Crippen molar-refractivity contribution in [2.75, 3.05) is 11.9 Å². The van der Waals surface area contributed by atoms with Crippen molar-refractivity contribution in [2.24, 2.45) is 0 Å². The summed E-state index contributed by atoms with van der Waals surface area (Å²) in [5.74, 6) is 0.875. The molecule has 3 heterocycles. The Bertz CT molecular complexity index is 1020. The van der Waals surface area contributed by atoms with Crippen LogP contribution in [0, 0.1) is 11.3 Å². The van der Waals surface area contributed by atoms with Gasteiger partial charge in [-0.15, -0.1) is 0 Å². The monoisotopic (exact) mass is 377 g/mol. The first kappa shape index (κ1) is 18.5. The number of fused-ring (bicyclic) bond motifs is 1. The number of pyridine rings is 1. The van der Waals surface area contributed by atoms with Crippen molar-refractivity contribution in [2.45, 2.75) is 64.5 Å². The lowest BCUT2D eigenvalue weighted by atomic mass is 9.95. The van der Waals surface area contributed by atoms with Crippen molar-refractivity contribution in [3.63, 3.8) is 0 Å². The molecular weight excluding hydrogens is 350 g/mol. The van der Waals surface area contributed by atoms with Crippen LogP contribution in [0.2, 0.25) is 0 Å². The second-order valence-electron chi connectivity index (χ2n) is 8.05. The molecule has 146 valence electrons. The summed E-state index contributed by atoms with van der Waals surface area (Å²) in [5, 5.41) is 23.2. The maximum atomic E-state index is 9.41. The third-order valence-electron chi connectivity index (χ3n) is 5.57. The molecule has 0 radical (unpaired) electrons. The van der Waals surface area contributed by atoms with E-state index in [1.54, 1.807) is 10.9 Å². The number of hydrogen-bond donors (Lipinski definition) is 1. The van der Waals surface area contributed by atoms with Gasteiger partial charge in [0.2, 0.25) is 0 Å². The highest BCUT2D eigenvalue weighted by Gasteiger charge is 2.24. The molecule has 4 rings (SSSR count). The highest BCUT2D eigenvalue weighted by atomic mass is 15.3. The fourth-order valence-electron chi connectivity index (χ4n) is 3.93. The summed E-state index contributed by atoms with van der Waals surface area (Å²) in [7, 11) is 0. The molecule has 0 aromatic carbocycles. The van der Waals surface area contributed by atoms with E-state index in [9.17, 15) is 5.26 Å². The predicted molar refractivity (Wildman–Crippen MR) is 110 cm³/mol. The van der Waals surface area contributed by atoms with E-state index in [0.29, 0.717) is 6.04 Å². The fraction of sp³-hybridized carbons (Fsp3) is 0.524. The smallest absolute Gasteiger partial charge is 0.143 e. The minimum absolute atomic E-state index is 0.424. The number of nitriles is 1. The zero-order chi connectivity index (χ0) is 19.7. The molecule has 0 aliphatic heterocycles. The molecule has 0 unspecified atom stereocenters. The zero-order valence-electron chi connectivity index (χ0n) is 16.8. The Kier molecular flexibility index (Phi) is 4.80. The molecule has 28 heavy (non-hydrogen) atoms. The van der Waals surface area contributed by atoms with Gasteiger partial charge in [0.25, 0.3) is 0 Å².